The van der Waals surface area contributed by atoms with Crippen LogP contribution in [-0.2, 0) is 10.2 Å². The largest absolute Gasteiger partial charge is 0.492 e. The molecule has 5 heteroatoms. The van der Waals surface area contributed by atoms with Crippen LogP contribution in [0, 0.1) is 6.92 Å². The highest BCUT2D eigenvalue weighted by Gasteiger charge is 2.43. The average molecular weight is 379 g/mol. The number of likely N-dealkylation sites (tertiary alicyclic amines) is 1. The second kappa shape index (κ2) is 7.40. The molecule has 2 aromatic rings. The Bertz CT molecular complexity index is 913. The van der Waals surface area contributed by atoms with Gasteiger partial charge in [-0.15, -0.1) is 0 Å². The van der Waals surface area contributed by atoms with Crippen molar-refractivity contribution in [3.8, 4) is 5.75 Å². The van der Waals surface area contributed by atoms with Crippen LogP contribution in [0.3, 0.4) is 0 Å². The minimum Gasteiger partial charge on any atom is -0.492 e. The predicted molar refractivity (Wildman–Crippen MR) is 106 cm³/mol. The van der Waals surface area contributed by atoms with Crippen molar-refractivity contribution in [2.24, 2.45) is 0 Å². The molecule has 4 rings (SSSR count). The summed E-state index contributed by atoms with van der Waals surface area (Å²) < 4.78 is 6.02. The number of ether oxygens (including phenoxy) is 1. The summed E-state index contributed by atoms with van der Waals surface area (Å²) in [6.07, 6.45) is 2.08. The lowest BCUT2D eigenvalue weighted by atomic mass is 9.74. The van der Waals surface area contributed by atoms with Crippen LogP contribution in [-0.4, -0.2) is 48.0 Å². The van der Waals surface area contributed by atoms with Crippen molar-refractivity contribution in [1.82, 2.24) is 4.90 Å². The molecule has 2 aromatic carbocycles. The number of carbonyl (C=O) groups is 2. The van der Waals surface area contributed by atoms with E-state index in [1.807, 2.05) is 43.3 Å². The molecule has 2 aliphatic rings. The molecule has 2 aliphatic heterocycles. The molecule has 1 fully saturated rings. The van der Waals surface area contributed by atoms with E-state index >= 15 is 0 Å². The van der Waals surface area contributed by atoms with Crippen LogP contribution in [0.5, 0.6) is 5.75 Å². The molecular formula is C23H25NO4. The average Bonchev–Trinajstić information content (AvgIpc) is 3.05. The van der Waals surface area contributed by atoms with Crippen LogP contribution in [0.4, 0.5) is 0 Å². The fraction of sp³-hybridized carbons (Fsp3) is 0.391. The Hall–Kier alpha value is -2.66. The number of benzene rings is 2. The lowest BCUT2D eigenvalue weighted by Crippen LogP contribution is -2.44. The summed E-state index contributed by atoms with van der Waals surface area (Å²) in [5, 5.41) is 8.88. The molecule has 28 heavy (non-hydrogen) atoms. The molecular weight excluding hydrogens is 354 g/mol. The van der Waals surface area contributed by atoms with E-state index in [-0.39, 0.29) is 17.6 Å². The van der Waals surface area contributed by atoms with E-state index in [0.717, 1.165) is 42.8 Å². The number of carboxylic acid groups (broad SMARTS) is 1. The molecule has 1 N–H and O–H groups in total. The van der Waals surface area contributed by atoms with Gasteiger partial charge >= 0.3 is 5.97 Å². The van der Waals surface area contributed by atoms with E-state index in [9.17, 15) is 9.59 Å². The van der Waals surface area contributed by atoms with Crippen LogP contribution in [0.25, 0.3) is 0 Å². The Morgan fingerprint density at radius 3 is 2.61 bits per heavy atom. The molecule has 5 nitrogen and oxygen atoms in total. The second-order valence-electron chi connectivity index (χ2n) is 7.91. The monoisotopic (exact) mass is 379 g/mol. The van der Waals surface area contributed by atoms with E-state index in [1.54, 1.807) is 0 Å². The number of fused-ring (bicyclic) bond motifs is 2. The van der Waals surface area contributed by atoms with Gasteiger partial charge in [-0.2, -0.15) is 0 Å². The predicted octanol–water partition coefficient (Wildman–Crippen LogP) is 3.43. The topological polar surface area (TPSA) is 66.8 Å². The minimum atomic E-state index is -0.749. The maximum Gasteiger partial charge on any atom is 0.304 e. The molecule has 0 unspecified atom stereocenters. The van der Waals surface area contributed by atoms with Crippen molar-refractivity contribution in [2.75, 3.05) is 26.2 Å². The van der Waals surface area contributed by atoms with Gasteiger partial charge in [-0.1, -0.05) is 36.4 Å². The van der Waals surface area contributed by atoms with Crippen LogP contribution in [0.2, 0.25) is 0 Å². The zero-order chi connectivity index (χ0) is 19.7. The number of hydrogen-bond acceptors (Lipinski definition) is 4. The van der Waals surface area contributed by atoms with E-state index in [0.29, 0.717) is 18.7 Å². The number of aliphatic carboxylic acids is 1. The molecule has 0 bridgehead atoms. The van der Waals surface area contributed by atoms with E-state index in [4.69, 9.17) is 9.84 Å². The third kappa shape index (κ3) is 3.42. The fourth-order valence-electron chi connectivity index (χ4n) is 4.37. The zero-order valence-corrected chi connectivity index (χ0v) is 16.1. The molecule has 0 aliphatic carbocycles. The van der Waals surface area contributed by atoms with Crippen molar-refractivity contribution < 1.29 is 19.4 Å². The smallest absolute Gasteiger partial charge is 0.304 e. The fourth-order valence-corrected chi connectivity index (χ4v) is 4.37. The number of ketones is 1. The first-order valence-electron chi connectivity index (χ1n) is 9.80. The summed E-state index contributed by atoms with van der Waals surface area (Å²) >= 11 is 0. The van der Waals surface area contributed by atoms with Gasteiger partial charge in [0.15, 0.2) is 5.78 Å². The number of carboxylic acids is 1. The summed E-state index contributed by atoms with van der Waals surface area (Å²) in [7, 11) is 0. The SMILES string of the molecule is Cc1ccccc1C(=O)c1ccc2c(c1)OCC21CCN(CCC(=O)O)CC1. The summed E-state index contributed by atoms with van der Waals surface area (Å²) in [6, 6.07) is 13.5. The van der Waals surface area contributed by atoms with E-state index < -0.39 is 5.97 Å². The Labute approximate surface area is 164 Å². The summed E-state index contributed by atoms with van der Waals surface area (Å²) in [6.45, 7) is 4.93. The quantitative estimate of drug-likeness (QED) is 0.807. The highest BCUT2D eigenvalue weighted by Crippen LogP contribution is 2.46. The summed E-state index contributed by atoms with van der Waals surface area (Å²) in [4.78, 5) is 25.9. The molecule has 1 spiro atoms. The molecule has 0 radical (unpaired) electrons. The van der Waals surface area contributed by atoms with Crippen molar-refractivity contribution in [1.29, 1.82) is 0 Å². The highest BCUT2D eigenvalue weighted by atomic mass is 16.5. The number of piperidine rings is 1. The number of nitrogens with zero attached hydrogens (tertiary/aromatic N) is 1. The van der Waals surface area contributed by atoms with Crippen molar-refractivity contribution >= 4 is 11.8 Å². The molecule has 0 saturated carbocycles. The Morgan fingerprint density at radius 1 is 1.14 bits per heavy atom. The van der Waals surface area contributed by atoms with Gasteiger partial charge in [-0.3, -0.25) is 9.59 Å². The standard InChI is InChI=1S/C23H25NO4/c1-16-4-2-3-5-18(16)22(27)17-6-7-19-20(14-17)28-15-23(19)9-12-24(13-10-23)11-8-21(25)26/h2-7,14H,8-13,15H2,1H3,(H,25,26). The molecule has 146 valence electrons. The van der Waals surface area contributed by atoms with Crippen LogP contribution in [0.1, 0.15) is 46.3 Å². The van der Waals surface area contributed by atoms with Crippen LogP contribution in [0.15, 0.2) is 42.5 Å². The van der Waals surface area contributed by atoms with Gasteiger partial charge in [0.25, 0.3) is 0 Å². The van der Waals surface area contributed by atoms with Gasteiger partial charge in [0.2, 0.25) is 0 Å². The van der Waals surface area contributed by atoms with Gasteiger partial charge in [-0.25, -0.2) is 0 Å². The number of rotatable bonds is 5. The summed E-state index contributed by atoms with van der Waals surface area (Å²) in [5.41, 5.74) is 3.52. The first-order chi connectivity index (χ1) is 13.5. The second-order valence-corrected chi connectivity index (χ2v) is 7.91. The Balaban J connectivity index is 1.51. The van der Waals surface area contributed by atoms with Gasteiger partial charge < -0.3 is 14.7 Å². The van der Waals surface area contributed by atoms with Crippen LogP contribution < -0.4 is 4.74 Å². The number of hydrogen-bond donors (Lipinski definition) is 1. The highest BCUT2D eigenvalue weighted by molar-refractivity contribution is 6.10. The van der Waals surface area contributed by atoms with Crippen molar-refractivity contribution in [3.63, 3.8) is 0 Å². The van der Waals surface area contributed by atoms with Crippen LogP contribution >= 0.6 is 0 Å². The zero-order valence-electron chi connectivity index (χ0n) is 16.1. The van der Waals surface area contributed by atoms with E-state index in [2.05, 4.69) is 11.0 Å². The maximum atomic E-state index is 12.9. The molecule has 0 atom stereocenters. The lowest BCUT2D eigenvalue weighted by Gasteiger charge is -2.38. The molecule has 0 aromatic heterocycles. The third-order valence-electron chi connectivity index (χ3n) is 6.16. The van der Waals surface area contributed by atoms with Gasteiger partial charge in [0.1, 0.15) is 5.75 Å². The minimum absolute atomic E-state index is 0.0146. The molecule has 1 saturated heterocycles. The van der Waals surface area contributed by atoms with Crippen molar-refractivity contribution in [3.05, 3.63) is 64.7 Å². The normalized spacial score (nSPS) is 17.9. The molecule has 0 amide bonds. The van der Waals surface area contributed by atoms with Gasteiger partial charge in [0.05, 0.1) is 13.0 Å². The maximum absolute atomic E-state index is 12.9. The molecule has 2 heterocycles. The number of aryl methyl sites for hydroxylation is 1. The first-order valence-corrected chi connectivity index (χ1v) is 9.80. The Kier molecular flexibility index (Phi) is 4.94. The van der Waals surface area contributed by atoms with E-state index in [1.165, 1.54) is 5.56 Å². The van der Waals surface area contributed by atoms with Gasteiger partial charge in [-0.05, 0) is 44.5 Å². The third-order valence-corrected chi connectivity index (χ3v) is 6.16. The summed E-state index contributed by atoms with van der Waals surface area (Å²) in [5.74, 6) is 0.0908. The van der Waals surface area contributed by atoms with Gasteiger partial charge in [0, 0.05) is 28.7 Å². The van der Waals surface area contributed by atoms with Crippen molar-refractivity contribution in [2.45, 2.75) is 31.6 Å². The first kappa shape index (κ1) is 18.7. The Morgan fingerprint density at radius 2 is 1.89 bits per heavy atom. The number of carbonyl (C=O) groups excluding carboxylic acids is 1. The lowest BCUT2D eigenvalue weighted by molar-refractivity contribution is -0.137.